The molecule has 0 saturated carbocycles. The molecule has 1 aliphatic rings. The molecule has 6 heteroatoms. The SMILES string of the molecule is COC(=O)c1c[nH]c(-c2scc3c2OCCO3)c1-c1ccccc1. The topological polar surface area (TPSA) is 60.6 Å². The van der Waals surface area contributed by atoms with E-state index in [0.29, 0.717) is 18.8 Å². The minimum atomic E-state index is -0.376. The van der Waals surface area contributed by atoms with Crippen LogP contribution in [-0.2, 0) is 4.74 Å². The van der Waals surface area contributed by atoms with E-state index in [9.17, 15) is 4.79 Å². The molecule has 0 aliphatic carbocycles. The number of rotatable bonds is 3. The van der Waals surface area contributed by atoms with Crippen molar-refractivity contribution in [3.63, 3.8) is 0 Å². The van der Waals surface area contributed by atoms with Gasteiger partial charge >= 0.3 is 5.97 Å². The third-order valence-electron chi connectivity index (χ3n) is 3.88. The first-order valence-corrected chi connectivity index (χ1v) is 8.40. The number of fused-ring (bicyclic) bond motifs is 1. The standard InChI is InChI=1S/C18H15NO4S/c1-21-18(20)12-9-19-15(14(12)11-5-3-2-4-6-11)17-16-13(10-24-17)22-7-8-23-16/h2-6,9-10,19H,7-8H2,1H3. The van der Waals surface area contributed by atoms with Crippen molar-refractivity contribution in [1.82, 2.24) is 4.98 Å². The van der Waals surface area contributed by atoms with E-state index < -0.39 is 0 Å². The van der Waals surface area contributed by atoms with E-state index in [2.05, 4.69) is 4.98 Å². The van der Waals surface area contributed by atoms with Crippen molar-refractivity contribution in [3.8, 4) is 33.2 Å². The highest BCUT2D eigenvalue weighted by Crippen LogP contribution is 2.48. The Hall–Kier alpha value is -2.73. The summed E-state index contributed by atoms with van der Waals surface area (Å²) in [7, 11) is 1.38. The summed E-state index contributed by atoms with van der Waals surface area (Å²) in [6.45, 7) is 1.06. The van der Waals surface area contributed by atoms with E-state index in [1.54, 1.807) is 6.20 Å². The van der Waals surface area contributed by atoms with Crippen LogP contribution in [0.3, 0.4) is 0 Å². The fourth-order valence-electron chi connectivity index (χ4n) is 2.81. The maximum atomic E-state index is 12.2. The summed E-state index contributed by atoms with van der Waals surface area (Å²) >= 11 is 1.53. The lowest BCUT2D eigenvalue weighted by atomic mass is 10.0. The Morgan fingerprint density at radius 2 is 2.00 bits per heavy atom. The van der Waals surface area contributed by atoms with Crippen molar-refractivity contribution in [2.75, 3.05) is 20.3 Å². The zero-order valence-electron chi connectivity index (χ0n) is 13.0. The van der Waals surface area contributed by atoms with Crippen LogP contribution in [0.25, 0.3) is 21.7 Å². The highest BCUT2D eigenvalue weighted by atomic mass is 32.1. The summed E-state index contributed by atoms with van der Waals surface area (Å²) in [4.78, 5) is 16.3. The lowest BCUT2D eigenvalue weighted by molar-refractivity contribution is 0.0602. The normalized spacial score (nSPS) is 12.9. The molecule has 0 spiro atoms. The van der Waals surface area contributed by atoms with Crippen LogP contribution >= 0.6 is 11.3 Å². The Morgan fingerprint density at radius 3 is 2.79 bits per heavy atom. The molecule has 3 aromatic rings. The predicted molar refractivity (Wildman–Crippen MR) is 91.9 cm³/mol. The molecule has 0 amide bonds. The molecule has 0 fully saturated rings. The molecule has 0 atom stereocenters. The molecule has 5 nitrogen and oxygen atoms in total. The van der Waals surface area contributed by atoms with Gasteiger partial charge in [0.05, 0.1) is 23.2 Å². The highest BCUT2D eigenvalue weighted by Gasteiger charge is 2.26. The number of hydrogen-bond acceptors (Lipinski definition) is 5. The third kappa shape index (κ3) is 2.35. The van der Waals surface area contributed by atoms with Gasteiger partial charge in [0.25, 0.3) is 0 Å². The van der Waals surface area contributed by atoms with Crippen LogP contribution < -0.4 is 9.47 Å². The summed E-state index contributed by atoms with van der Waals surface area (Å²) in [5.74, 6) is 1.09. The quantitative estimate of drug-likeness (QED) is 0.732. The largest absolute Gasteiger partial charge is 0.485 e. The summed E-state index contributed by atoms with van der Waals surface area (Å²) in [6.07, 6.45) is 1.68. The number of aromatic nitrogens is 1. The molecule has 0 saturated heterocycles. The average Bonchev–Trinajstić information content (AvgIpc) is 3.25. The lowest BCUT2D eigenvalue weighted by Crippen LogP contribution is -2.14. The van der Waals surface area contributed by atoms with Crippen molar-refractivity contribution in [3.05, 3.63) is 47.5 Å². The van der Waals surface area contributed by atoms with Gasteiger partial charge in [0, 0.05) is 17.1 Å². The molecule has 1 aliphatic heterocycles. The van der Waals surface area contributed by atoms with Crippen LogP contribution in [0.15, 0.2) is 41.9 Å². The van der Waals surface area contributed by atoms with Crippen LogP contribution in [-0.4, -0.2) is 31.3 Å². The third-order valence-corrected chi connectivity index (χ3v) is 4.83. The van der Waals surface area contributed by atoms with Gasteiger partial charge in [0.1, 0.15) is 13.2 Å². The second-order valence-electron chi connectivity index (χ2n) is 5.27. The molecular formula is C18H15NO4S. The fraction of sp³-hybridized carbons (Fsp3) is 0.167. The van der Waals surface area contributed by atoms with Crippen LogP contribution in [0.5, 0.6) is 11.5 Å². The van der Waals surface area contributed by atoms with Crippen molar-refractivity contribution in [2.45, 2.75) is 0 Å². The molecule has 4 rings (SSSR count). The molecule has 1 aromatic carbocycles. The highest BCUT2D eigenvalue weighted by molar-refractivity contribution is 7.14. The molecule has 0 unspecified atom stereocenters. The number of nitrogens with one attached hydrogen (secondary N) is 1. The van der Waals surface area contributed by atoms with E-state index in [4.69, 9.17) is 14.2 Å². The smallest absolute Gasteiger partial charge is 0.340 e. The van der Waals surface area contributed by atoms with E-state index in [1.165, 1.54) is 18.4 Å². The van der Waals surface area contributed by atoms with Crippen LogP contribution in [0.4, 0.5) is 0 Å². The number of aromatic amines is 1. The minimum Gasteiger partial charge on any atom is -0.485 e. The van der Waals surface area contributed by atoms with Gasteiger partial charge in [-0.25, -0.2) is 4.79 Å². The van der Waals surface area contributed by atoms with Gasteiger partial charge in [-0.1, -0.05) is 30.3 Å². The molecule has 3 heterocycles. The first-order valence-electron chi connectivity index (χ1n) is 7.52. The first kappa shape index (κ1) is 14.8. The fourth-order valence-corrected chi connectivity index (χ4v) is 3.76. The molecule has 2 aromatic heterocycles. The summed E-state index contributed by atoms with van der Waals surface area (Å²) in [6, 6.07) is 9.76. The number of esters is 1. The minimum absolute atomic E-state index is 0.376. The summed E-state index contributed by atoms with van der Waals surface area (Å²) < 4.78 is 16.3. The van der Waals surface area contributed by atoms with Gasteiger partial charge in [0.15, 0.2) is 11.5 Å². The number of thiophene rings is 1. The van der Waals surface area contributed by atoms with Crippen molar-refractivity contribution in [2.24, 2.45) is 0 Å². The van der Waals surface area contributed by atoms with E-state index in [1.807, 2.05) is 35.7 Å². The second-order valence-corrected chi connectivity index (χ2v) is 6.14. The van der Waals surface area contributed by atoms with Crippen molar-refractivity contribution in [1.29, 1.82) is 0 Å². The van der Waals surface area contributed by atoms with E-state index in [0.717, 1.165) is 33.2 Å². The van der Waals surface area contributed by atoms with Gasteiger partial charge in [-0.3, -0.25) is 0 Å². The van der Waals surface area contributed by atoms with Gasteiger partial charge < -0.3 is 19.2 Å². The Balaban J connectivity index is 1.92. The number of hydrogen-bond donors (Lipinski definition) is 1. The number of ether oxygens (including phenoxy) is 3. The molecule has 0 radical (unpaired) electrons. The van der Waals surface area contributed by atoms with E-state index >= 15 is 0 Å². The zero-order valence-corrected chi connectivity index (χ0v) is 13.8. The number of methoxy groups -OCH3 is 1. The number of H-pyrrole nitrogens is 1. The molecule has 122 valence electrons. The maximum Gasteiger partial charge on any atom is 0.340 e. The summed E-state index contributed by atoms with van der Waals surface area (Å²) in [5.41, 5.74) is 3.07. The van der Waals surface area contributed by atoms with Gasteiger partial charge in [-0.15, -0.1) is 11.3 Å². The van der Waals surface area contributed by atoms with Gasteiger partial charge in [0.2, 0.25) is 0 Å². The monoisotopic (exact) mass is 341 g/mol. The number of carbonyl (C=O) groups is 1. The van der Waals surface area contributed by atoms with E-state index in [-0.39, 0.29) is 5.97 Å². The Labute approximate surface area is 142 Å². The molecule has 0 bridgehead atoms. The predicted octanol–water partition coefficient (Wildman–Crippen LogP) is 3.97. The van der Waals surface area contributed by atoms with Crippen LogP contribution in [0.2, 0.25) is 0 Å². The first-order chi connectivity index (χ1) is 11.8. The Bertz CT molecular complexity index is 882. The van der Waals surface area contributed by atoms with Gasteiger partial charge in [-0.05, 0) is 5.56 Å². The van der Waals surface area contributed by atoms with Crippen LogP contribution in [0.1, 0.15) is 10.4 Å². The molecular weight excluding hydrogens is 326 g/mol. The number of benzene rings is 1. The van der Waals surface area contributed by atoms with Gasteiger partial charge in [-0.2, -0.15) is 0 Å². The van der Waals surface area contributed by atoms with Crippen LogP contribution in [0, 0.1) is 0 Å². The maximum absolute atomic E-state index is 12.2. The van der Waals surface area contributed by atoms with Crippen molar-refractivity contribution < 1.29 is 19.0 Å². The second kappa shape index (κ2) is 6.05. The zero-order chi connectivity index (χ0) is 16.5. The summed E-state index contributed by atoms with van der Waals surface area (Å²) in [5, 5.41) is 1.93. The molecule has 1 N–H and O–H groups in total. The average molecular weight is 341 g/mol. The lowest BCUT2D eigenvalue weighted by Gasteiger charge is -2.16. The van der Waals surface area contributed by atoms with Crippen molar-refractivity contribution >= 4 is 17.3 Å². The Morgan fingerprint density at radius 1 is 1.21 bits per heavy atom. The number of carbonyl (C=O) groups excluding carboxylic acids is 1. The Kier molecular flexibility index (Phi) is 3.74. The molecule has 24 heavy (non-hydrogen) atoms.